The molecule has 2 aliphatic rings. The predicted molar refractivity (Wildman–Crippen MR) is 84.6 cm³/mol. The molecule has 0 radical (unpaired) electrons. The van der Waals surface area contributed by atoms with E-state index in [4.69, 9.17) is 4.74 Å². The van der Waals surface area contributed by atoms with Crippen molar-refractivity contribution in [2.75, 3.05) is 26.2 Å². The van der Waals surface area contributed by atoms with Crippen molar-refractivity contribution in [2.45, 2.75) is 51.5 Å². The number of nitrogens with one attached hydrogen (secondary N) is 2. The third kappa shape index (κ3) is 4.06. The first-order valence-electron chi connectivity index (χ1n) is 8.58. The van der Waals surface area contributed by atoms with E-state index in [2.05, 4.69) is 44.2 Å². The highest BCUT2D eigenvalue weighted by molar-refractivity contribution is 5.13. The van der Waals surface area contributed by atoms with Crippen LogP contribution < -0.4 is 9.80 Å². The molecule has 0 unspecified atom stereocenters. The van der Waals surface area contributed by atoms with E-state index >= 15 is 0 Å². The average Bonchev–Trinajstić information content (AvgIpc) is 2.48. The quantitative estimate of drug-likeness (QED) is 0.797. The summed E-state index contributed by atoms with van der Waals surface area (Å²) >= 11 is 0. The van der Waals surface area contributed by atoms with Crippen LogP contribution in [0.15, 0.2) is 30.3 Å². The topological polar surface area (TPSA) is 18.1 Å². The fourth-order valence-corrected chi connectivity index (χ4v) is 4.14. The Hall–Kier alpha value is -0.900. The smallest absolute Gasteiger partial charge is 0.104 e. The van der Waals surface area contributed by atoms with Gasteiger partial charge in [-0.2, -0.15) is 0 Å². The number of ether oxygens (including phenoxy) is 1. The molecule has 2 heterocycles. The van der Waals surface area contributed by atoms with Gasteiger partial charge in [-0.1, -0.05) is 30.3 Å². The van der Waals surface area contributed by atoms with Crippen LogP contribution in [0.1, 0.15) is 32.3 Å². The third-order valence-electron chi connectivity index (χ3n) is 5.13. The van der Waals surface area contributed by atoms with Crippen molar-refractivity contribution in [1.29, 1.82) is 0 Å². The molecule has 0 spiro atoms. The summed E-state index contributed by atoms with van der Waals surface area (Å²) in [5.74, 6) is 0. The van der Waals surface area contributed by atoms with Crippen LogP contribution in [0.3, 0.4) is 0 Å². The number of hydrogen-bond acceptors (Lipinski definition) is 1. The molecule has 3 nitrogen and oxygen atoms in total. The molecule has 116 valence electrons. The van der Waals surface area contributed by atoms with Crippen LogP contribution >= 0.6 is 0 Å². The van der Waals surface area contributed by atoms with Gasteiger partial charge in [0.2, 0.25) is 0 Å². The average molecular weight is 290 g/mol. The van der Waals surface area contributed by atoms with Crippen molar-refractivity contribution in [2.24, 2.45) is 0 Å². The molecule has 0 saturated carbocycles. The van der Waals surface area contributed by atoms with Gasteiger partial charge in [0.25, 0.3) is 0 Å². The van der Waals surface area contributed by atoms with Gasteiger partial charge in [0.05, 0.1) is 19.1 Å². The van der Waals surface area contributed by atoms with E-state index in [9.17, 15) is 0 Å². The van der Waals surface area contributed by atoms with Crippen LogP contribution in [0.4, 0.5) is 0 Å². The van der Waals surface area contributed by atoms with Gasteiger partial charge in [-0.05, 0) is 13.8 Å². The monoisotopic (exact) mass is 290 g/mol. The zero-order valence-corrected chi connectivity index (χ0v) is 13.5. The summed E-state index contributed by atoms with van der Waals surface area (Å²) in [6.07, 6.45) is 3.60. The Kier molecular flexibility index (Phi) is 4.94. The van der Waals surface area contributed by atoms with Gasteiger partial charge < -0.3 is 14.5 Å². The number of quaternary nitrogens is 2. The molecule has 1 aromatic rings. The SMILES string of the molecule is C[C@@H]1C[NH+](C2CC[NH+](Cc3ccccc3)CC2)C[C@@H](C)O1. The highest BCUT2D eigenvalue weighted by atomic mass is 16.5. The number of likely N-dealkylation sites (tertiary alicyclic amines) is 1. The molecular weight excluding hydrogens is 260 g/mol. The molecule has 3 rings (SSSR count). The Bertz CT molecular complexity index is 418. The standard InChI is InChI=1S/C18H28N2O/c1-15-12-20(13-16(2)21-15)18-8-10-19(11-9-18)14-17-6-4-3-5-7-17/h3-7,15-16,18H,8-14H2,1-2H3/p+2/t15-,16-/m1/s1. The van der Waals surface area contributed by atoms with E-state index in [1.807, 2.05) is 0 Å². The number of hydrogen-bond donors (Lipinski definition) is 2. The molecule has 0 bridgehead atoms. The Labute approximate surface area is 128 Å². The summed E-state index contributed by atoms with van der Waals surface area (Å²) < 4.78 is 5.88. The number of piperidine rings is 1. The van der Waals surface area contributed by atoms with E-state index in [0.717, 1.165) is 6.04 Å². The van der Waals surface area contributed by atoms with Crippen molar-refractivity contribution in [3.05, 3.63) is 35.9 Å². The zero-order chi connectivity index (χ0) is 14.7. The van der Waals surface area contributed by atoms with Gasteiger partial charge >= 0.3 is 0 Å². The van der Waals surface area contributed by atoms with Crippen molar-refractivity contribution in [3.63, 3.8) is 0 Å². The Morgan fingerprint density at radius 3 is 2.24 bits per heavy atom. The second kappa shape index (κ2) is 6.91. The lowest BCUT2D eigenvalue weighted by molar-refractivity contribution is -0.970. The molecule has 2 atom stereocenters. The molecule has 21 heavy (non-hydrogen) atoms. The summed E-state index contributed by atoms with van der Waals surface area (Å²) in [6, 6.07) is 11.8. The highest BCUT2D eigenvalue weighted by Gasteiger charge is 2.34. The molecular formula is C18H30N2O+2. The van der Waals surface area contributed by atoms with E-state index in [1.165, 1.54) is 51.1 Å². The summed E-state index contributed by atoms with van der Waals surface area (Å²) in [5.41, 5.74) is 1.48. The van der Waals surface area contributed by atoms with Gasteiger partial charge in [-0.25, -0.2) is 0 Å². The molecule has 2 aliphatic heterocycles. The number of rotatable bonds is 3. The van der Waals surface area contributed by atoms with Gasteiger partial charge in [-0.15, -0.1) is 0 Å². The summed E-state index contributed by atoms with van der Waals surface area (Å²) in [5, 5.41) is 0. The number of benzene rings is 1. The fraction of sp³-hybridized carbons (Fsp3) is 0.667. The molecule has 1 aromatic carbocycles. The Balaban J connectivity index is 1.48. The minimum atomic E-state index is 0.429. The molecule has 2 N–H and O–H groups in total. The van der Waals surface area contributed by atoms with Crippen LogP contribution in [0, 0.1) is 0 Å². The lowest BCUT2D eigenvalue weighted by Crippen LogP contribution is -3.22. The van der Waals surface area contributed by atoms with Crippen LogP contribution in [0.5, 0.6) is 0 Å². The first kappa shape index (κ1) is 15.0. The molecule has 2 fully saturated rings. The normalized spacial score (nSPS) is 37.3. The van der Waals surface area contributed by atoms with E-state index < -0.39 is 0 Å². The first-order chi connectivity index (χ1) is 10.2. The van der Waals surface area contributed by atoms with Gasteiger partial charge in [-0.3, -0.25) is 0 Å². The largest absolute Gasteiger partial charge is 0.364 e. The van der Waals surface area contributed by atoms with Crippen LogP contribution in [-0.2, 0) is 11.3 Å². The maximum Gasteiger partial charge on any atom is 0.104 e. The van der Waals surface area contributed by atoms with Gasteiger partial charge in [0.15, 0.2) is 0 Å². The summed E-state index contributed by atoms with van der Waals surface area (Å²) in [4.78, 5) is 3.55. The minimum Gasteiger partial charge on any atom is -0.364 e. The first-order valence-corrected chi connectivity index (χ1v) is 8.58. The van der Waals surface area contributed by atoms with Crippen LogP contribution in [-0.4, -0.2) is 44.4 Å². The predicted octanol–water partition coefficient (Wildman–Crippen LogP) is -0.0740. The van der Waals surface area contributed by atoms with Crippen LogP contribution in [0.25, 0.3) is 0 Å². The molecule has 2 saturated heterocycles. The Morgan fingerprint density at radius 2 is 1.62 bits per heavy atom. The second-order valence-electron chi connectivity index (χ2n) is 7.01. The highest BCUT2D eigenvalue weighted by Crippen LogP contribution is 2.04. The molecule has 3 heteroatoms. The lowest BCUT2D eigenvalue weighted by Gasteiger charge is -2.39. The number of morpholine rings is 1. The maximum absolute atomic E-state index is 5.88. The van der Waals surface area contributed by atoms with Crippen molar-refractivity contribution in [3.8, 4) is 0 Å². The van der Waals surface area contributed by atoms with E-state index in [-0.39, 0.29) is 0 Å². The van der Waals surface area contributed by atoms with Crippen molar-refractivity contribution >= 4 is 0 Å². The molecule has 0 aromatic heterocycles. The molecule has 0 aliphatic carbocycles. The van der Waals surface area contributed by atoms with Crippen molar-refractivity contribution in [1.82, 2.24) is 0 Å². The summed E-state index contributed by atoms with van der Waals surface area (Å²) in [6.45, 7) is 10.7. The van der Waals surface area contributed by atoms with Crippen molar-refractivity contribution < 1.29 is 14.5 Å². The van der Waals surface area contributed by atoms with Gasteiger partial charge in [0.1, 0.15) is 31.8 Å². The van der Waals surface area contributed by atoms with E-state index in [1.54, 1.807) is 9.80 Å². The van der Waals surface area contributed by atoms with E-state index in [0.29, 0.717) is 12.2 Å². The fourth-order valence-electron chi connectivity index (χ4n) is 4.14. The molecule has 0 amide bonds. The summed E-state index contributed by atoms with van der Waals surface area (Å²) in [7, 11) is 0. The van der Waals surface area contributed by atoms with Gasteiger partial charge in [0, 0.05) is 18.4 Å². The third-order valence-corrected chi connectivity index (χ3v) is 5.13. The minimum absolute atomic E-state index is 0.429. The lowest BCUT2D eigenvalue weighted by atomic mass is 10.0. The Morgan fingerprint density at radius 1 is 1.00 bits per heavy atom. The second-order valence-corrected chi connectivity index (χ2v) is 7.01. The zero-order valence-electron chi connectivity index (χ0n) is 13.5. The van der Waals surface area contributed by atoms with Crippen LogP contribution in [0.2, 0.25) is 0 Å². The maximum atomic E-state index is 5.88.